The van der Waals surface area contributed by atoms with Crippen LogP contribution in [0.25, 0.3) is 0 Å². The van der Waals surface area contributed by atoms with Crippen molar-refractivity contribution < 1.29 is 9.59 Å². The van der Waals surface area contributed by atoms with Gasteiger partial charge in [0.05, 0.1) is 13.1 Å². The standard InChI is InChI=1S/C12H21N2O2/c13-10-12(16)14(8-9-15)11-6-4-2-1-3-5-7-11/h11H,1-8,10,13H2. The van der Waals surface area contributed by atoms with Crippen molar-refractivity contribution in [3.05, 3.63) is 0 Å². The molecule has 4 heteroatoms. The molecule has 0 unspecified atom stereocenters. The van der Waals surface area contributed by atoms with Gasteiger partial charge in [-0.1, -0.05) is 32.1 Å². The third kappa shape index (κ3) is 3.93. The predicted octanol–water partition coefficient (Wildman–Crippen LogP) is 0.996. The van der Waals surface area contributed by atoms with E-state index >= 15 is 0 Å². The molecule has 0 heterocycles. The average molecular weight is 225 g/mol. The lowest BCUT2D eigenvalue weighted by molar-refractivity contribution is -0.131. The number of carbonyl (C=O) groups excluding carboxylic acids is 2. The molecular weight excluding hydrogens is 204 g/mol. The van der Waals surface area contributed by atoms with Crippen LogP contribution in [0.2, 0.25) is 0 Å². The fraction of sp³-hybridized carbons (Fsp3) is 0.833. The second-order valence-corrected chi connectivity index (χ2v) is 4.37. The largest absolute Gasteiger partial charge is 0.331 e. The number of hydrogen-bond donors (Lipinski definition) is 1. The first-order valence-corrected chi connectivity index (χ1v) is 6.14. The molecule has 1 aliphatic carbocycles. The van der Waals surface area contributed by atoms with Crippen LogP contribution in [0.5, 0.6) is 0 Å². The molecular formula is C12H21N2O2. The predicted molar refractivity (Wildman–Crippen MR) is 62.6 cm³/mol. The minimum Gasteiger partial charge on any atom is -0.331 e. The van der Waals surface area contributed by atoms with Gasteiger partial charge in [0.2, 0.25) is 12.2 Å². The van der Waals surface area contributed by atoms with Crippen LogP contribution in [0.15, 0.2) is 0 Å². The minimum absolute atomic E-state index is 0.0157. The van der Waals surface area contributed by atoms with Crippen LogP contribution in [0.4, 0.5) is 0 Å². The van der Waals surface area contributed by atoms with Crippen LogP contribution in [0.3, 0.4) is 0 Å². The van der Waals surface area contributed by atoms with E-state index in [1.165, 1.54) is 19.3 Å². The molecule has 16 heavy (non-hydrogen) atoms. The third-order valence-corrected chi connectivity index (χ3v) is 3.25. The highest BCUT2D eigenvalue weighted by atomic mass is 16.2. The summed E-state index contributed by atoms with van der Waals surface area (Å²) in [5, 5.41) is 0. The van der Waals surface area contributed by atoms with E-state index < -0.39 is 0 Å². The van der Waals surface area contributed by atoms with Crippen molar-refractivity contribution in [2.45, 2.75) is 51.0 Å². The van der Waals surface area contributed by atoms with E-state index in [1.807, 2.05) is 6.29 Å². The number of nitrogens with two attached hydrogens (primary N) is 1. The maximum absolute atomic E-state index is 11.6. The molecule has 0 aromatic rings. The molecule has 1 radical (unpaired) electrons. The second kappa shape index (κ2) is 7.39. The van der Waals surface area contributed by atoms with Crippen LogP contribution >= 0.6 is 0 Å². The van der Waals surface area contributed by atoms with Gasteiger partial charge in [0.15, 0.2) is 0 Å². The van der Waals surface area contributed by atoms with Gasteiger partial charge in [-0.15, -0.1) is 0 Å². The van der Waals surface area contributed by atoms with Crippen LogP contribution in [0, 0.1) is 0 Å². The number of amides is 1. The van der Waals surface area contributed by atoms with E-state index in [9.17, 15) is 9.59 Å². The molecule has 4 nitrogen and oxygen atoms in total. The highest BCUT2D eigenvalue weighted by molar-refractivity contribution is 5.80. The van der Waals surface area contributed by atoms with Gasteiger partial charge in [-0.05, 0) is 12.8 Å². The van der Waals surface area contributed by atoms with Crippen molar-refractivity contribution >= 4 is 12.2 Å². The van der Waals surface area contributed by atoms with Crippen molar-refractivity contribution in [1.29, 1.82) is 0 Å². The van der Waals surface area contributed by atoms with Crippen molar-refractivity contribution in [1.82, 2.24) is 4.90 Å². The Morgan fingerprint density at radius 3 is 2.25 bits per heavy atom. The summed E-state index contributed by atoms with van der Waals surface area (Å²) >= 11 is 0. The van der Waals surface area contributed by atoms with Crippen molar-refractivity contribution in [2.24, 2.45) is 5.73 Å². The van der Waals surface area contributed by atoms with Gasteiger partial charge in [-0.3, -0.25) is 9.59 Å². The molecule has 1 rings (SSSR count). The Hall–Kier alpha value is -0.900. The van der Waals surface area contributed by atoms with Crippen molar-refractivity contribution in [2.75, 3.05) is 13.1 Å². The van der Waals surface area contributed by atoms with Crippen LogP contribution in [-0.2, 0) is 9.59 Å². The molecule has 0 aromatic heterocycles. The highest BCUT2D eigenvalue weighted by Gasteiger charge is 2.22. The topological polar surface area (TPSA) is 63.4 Å². The first kappa shape index (κ1) is 13.2. The zero-order valence-electron chi connectivity index (χ0n) is 9.78. The van der Waals surface area contributed by atoms with E-state index in [-0.39, 0.29) is 25.0 Å². The zero-order chi connectivity index (χ0) is 11.8. The molecule has 1 amide bonds. The summed E-state index contributed by atoms with van der Waals surface area (Å²) in [5.74, 6) is -0.131. The Kier molecular flexibility index (Phi) is 6.08. The Morgan fingerprint density at radius 2 is 1.75 bits per heavy atom. The maximum Gasteiger partial charge on any atom is 0.236 e. The molecule has 0 atom stereocenters. The summed E-state index contributed by atoms with van der Waals surface area (Å²) < 4.78 is 0. The molecule has 0 saturated heterocycles. The van der Waals surface area contributed by atoms with Gasteiger partial charge in [0, 0.05) is 6.04 Å². The molecule has 1 fully saturated rings. The lowest BCUT2D eigenvalue weighted by Crippen LogP contribution is -2.44. The number of nitrogens with zero attached hydrogens (tertiary/aromatic N) is 1. The molecule has 91 valence electrons. The van der Waals surface area contributed by atoms with Gasteiger partial charge < -0.3 is 10.6 Å². The summed E-state index contributed by atoms with van der Waals surface area (Å²) in [6.07, 6.45) is 9.82. The van der Waals surface area contributed by atoms with E-state index in [1.54, 1.807) is 4.90 Å². The van der Waals surface area contributed by atoms with E-state index in [4.69, 9.17) is 5.73 Å². The summed E-state index contributed by atoms with van der Waals surface area (Å²) in [6, 6.07) is 0.192. The van der Waals surface area contributed by atoms with Gasteiger partial charge in [0.1, 0.15) is 0 Å². The average Bonchev–Trinajstić information content (AvgIpc) is 2.25. The van der Waals surface area contributed by atoms with E-state index in [0.29, 0.717) is 0 Å². The quantitative estimate of drug-likeness (QED) is 0.776. The Balaban J connectivity index is 2.58. The van der Waals surface area contributed by atoms with Crippen molar-refractivity contribution in [3.8, 4) is 0 Å². The molecule has 2 N–H and O–H groups in total. The van der Waals surface area contributed by atoms with Crippen LogP contribution in [-0.4, -0.2) is 36.2 Å². The second-order valence-electron chi connectivity index (χ2n) is 4.37. The molecule has 0 bridgehead atoms. The van der Waals surface area contributed by atoms with Crippen LogP contribution < -0.4 is 5.73 Å². The van der Waals surface area contributed by atoms with Crippen LogP contribution in [0.1, 0.15) is 44.9 Å². The molecule has 0 aliphatic heterocycles. The fourth-order valence-corrected chi connectivity index (χ4v) is 2.35. The summed E-state index contributed by atoms with van der Waals surface area (Å²) in [4.78, 5) is 23.7. The molecule has 1 saturated carbocycles. The molecule has 0 aromatic carbocycles. The van der Waals surface area contributed by atoms with Gasteiger partial charge in [-0.25, -0.2) is 0 Å². The fourth-order valence-electron chi connectivity index (χ4n) is 2.35. The smallest absolute Gasteiger partial charge is 0.236 e. The normalized spacial score (nSPS) is 18.6. The third-order valence-electron chi connectivity index (χ3n) is 3.25. The maximum atomic E-state index is 11.6. The summed E-state index contributed by atoms with van der Waals surface area (Å²) in [5.41, 5.74) is 5.36. The Bertz CT molecular complexity index is 223. The van der Waals surface area contributed by atoms with E-state index in [0.717, 1.165) is 25.7 Å². The first-order valence-electron chi connectivity index (χ1n) is 6.14. The lowest BCUT2D eigenvalue weighted by atomic mass is 9.95. The minimum atomic E-state index is -0.131. The summed E-state index contributed by atoms with van der Waals surface area (Å²) in [6.45, 7) is 0.0544. The Morgan fingerprint density at radius 1 is 1.19 bits per heavy atom. The van der Waals surface area contributed by atoms with Crippen molar-refractivity contribution in [3.63, 3.8) is 0 Å². The van der Waals surface area contributed by atoms with Gasteiger partial charge >= 0.3 is 0 Å². The van der Waals surface area contributed by atoms with Gasteiger partial charge in [0.25, 0.3) is 0 Å². The van der Waals surface area contributed by atoms with E-state index in [2.05, 4.69) is 0 Å². The molecule has 0 spiro atoms. The first-order chi connectivity index (χ1) is 7.79. The number of carbonyl (C=O) groups is 1. The SMILES string of the molecule is NCC(=O)N(C[C]=O)C1CCCCCCC1. The molecule has 1 aliphatic rings. The monoisotopic (exact) mass is 225 g/mol. The number of rotatable bonds is 4. The zero-order valence-corrected chi connectivity index (χ0v) is 9.78. The van der Waals surface area contributed by atoms with Gasteiger partial charge in [-0.2, -0.15) is 0 Å². The number of hydrogen-bond acceptors (Lipinski definition) is 3. The lowest BCUT2D eigenvalue weighted by Gasteiger charge is -2.31. The highest BCUT2D eigenvalue weighted by Crippen LogP contribution is 2.21. The Labute approximate surface area is 97.2 Å². The summed E-state index contributed by atoms with van der Waals surface area (Å²) in [7, 11) is 0.